The fraction of sp³-hybridized carbons (Fsp3) is 0.0435. The van der Waals surface area contributed by atoms with Crippen molar-refractivity contribution in [1.29, 1.82) is 0 Å². The zero-order valence-corrected chi connectivity index (χ0v) is 14.1. The van der Waals surface area contributed by atoms with Crippen LogP contribution in [0.25, 0.3) is 33.0 Å². The van der Waals surface area contributed by atoms with Gasteiger partial charge in [0.25, 0.3) is 0 Å². The van der Waals surface area contributed by atoms with Crippen LogP contribution in [0.5, 0.6) is 11.5 Å². The van der Waals surface area contributed by atoms with Crippen LogP contribution >= 0.6 is 0 Å². The first-order valence-electron chi connectivity index (χ1n) is 8.48. The Balaban J connectivity index is 1.69. The molecule has 26 heavy (non-hydrogen) atoms. The van der Waals surface area contributed by atoms with Crippen molar-refractivity contribution in [2.75, 3.05) is 6.79 Å². The fourth-order valence-electron chi connectivity index (χ4n) is 3.39. The molecular formula is C23H16NO2. The molecule has 1 aliphatic heterocycles. The lowest BCUT2D eigenvalue weighted by atomic mass is 9.96. The first kappa shape index (κ1) is 15.0. The Morgan fingerprint density at radius 3 is 2.58 bits per heavy atom. The van der Waals surface area contributed by atoms with Gasteiger partial charge in [-0.25, -0.2) is 0 Å². The van der Waals surface area contributed by atoms with Crippen LogP contribution < -0.4 is 9.47 Å². The van der Waals surface area contributed by atoms with Crippen molar-refractivity contribution in [3.63, 3.8) is 0 Å². The van der Waals surface area contributed by atoms with Gasteiger partial charge in [0.1, 0.15) is 0 Å². The van der Waals surface area contributed by atoms with Gasteiger partial charge in [0.15, 0.2) is 11.5 Å². The predicted molar refractivity (Wildman–Crippen MR) is 103 cm³/mol. The number of nitrogens with zero attached hydrogens (tertiary/aromatic N) is 1. The number of ether oxygens (including phenoxy) is 2. The number of fused-ring (bicyclic) bond motifs is 2. The van der Waals surface area contributed by atoms with Crippen LogP contribution in [-0.4, -0.2) is 11.8 Å². The molecule has 3 heteroatoms. The van der Waals surface area contributed by atoms with Gasteiger partial charge >= 0.3 is 0 Å². The van der Waals surface area contributed by atoms with E-state index in [0.717, 1.165) is 39.3 Å². The second-order valence-electron chi connectivity index (χ2n) is 6.40. The Morgan fingerprint density at radius 1 is 0.808 bits per heavy atom. The SMILES string of the molecule is [CH2]c1ccc2cc(-c3cc4c(c(-c5cccnc5)c3)OCO4)ccc2c1. The molecule has 0 spiro atoms. The van der Waals surface area contributed by atoms with E-state index >= 15 is 0 Å². The summed E-state index contributed by atoms with van der Waals surface area (Å²) in [5.74, 6) is 1.55. The summed E-state index contributed by atoms with van der Waals surface area (Å²) in [5, 5.41) is 2.38. The Bertz CT molecular complexity index is 1120. The van der Waals surface area contributed by atoms with Crippen molar-refractivity contribution in [3.05, 3.63) is 85.5 Å². The topological polar surface area (TPSA) is 31.4 Å². The number of hydrogen-bond donors (Lipinski definition) is 0. The summed E-state index contributed by atoms with van der Waals surface area (Å²) in [4.78, 5) is 4.24. The summed E-state index contributed by atoms with van der Waals surface area (Å²) in [7, 11) is 0. The number of benzene rings is 3. The number of hydrogen-bond acceptors (Lipinski definition) is 3. The Labute approximate surface area is 151 Å². The summed E-state index contributed by atoms with van der Waals surface area (Å²) >= 11 is 0. The minimum absolute atomic E-state index is 0.246. The van der Waals surface area contributed by atoms with E-state index in [-0.39, 0.29) is 6.79 Å². The van der Waals surface area contributed by atoms with E-state index in [2.05, 4.69) is 48.3 Å². The smallest absolute Gasteiger partial charge is 0.231 e. The minimum atomic E-state index is 0.246. The van der Waals surface area contributed by atoms with E-state index < -0.39 is 0 Å². The van der Waals surface area contributed by atoms with Gasteiger partial charge in [0, 0.05) is 23.5 Å². The van der Waals surface area contributed by atoms with E-state index in [1.807, 2.05) is 30.5 Å². The molecule has 125 valence electrons. The summed E-state index contributed by atoms with van der Waals surface area (Å²) in [6, 6.07) is 20.8. The van der Waals surface area contributed by atoms with Crippen molar-refractivity contribution >= 4 is 10.8 Å². The third kappa shape index (κ3) is 2.49. The lowest BCUT2D eigenvalue weighted by molar-refractivity contribution is 0.174. The maximum absolute atomic E-state index is 5.70. The van der Waals surface area contributed by atoms with Crippen LogP contribution in [0.2, 0.25) is 0 Å². The molecule has 3 aromatic carbocycles. The molecule has 4 aromatic rings. The highest BCUT2D eigenvalue weighted by Gasteiger charge is 2.21. The minimum Gasteiger partial charge on any atom is -0.454 e. The summed E-state index contributed by atoms with van der Waals surface area (Å²) < 4.78 is 11.4. The maximum Gasteiger partial charge on any atom is 0.231 e. The Kier molecular flexibility index (Phi) is 3.39. The van der Waals surface area contributed by atoms with Gasteiger partial charge in [-0.2, -0.15) is 0 Å². The van der Waals surface area contributed by atoms with Crippen LogP contribution in [0.15, 0.2) is 73.1 Å². The van der Waals surface area contributed by atoms with E-state index in [0.29, 0.717) is 0 Å². The van der Waals surface area contributed by atoms with Gasteiger partial charge in [-0.15, -0.1) is 0 Å². The first-order chi connectivity index (χ1) is 12.8. The highest BCUT2D eigenvalue weighted by atomic mass is 16.7. The van der Waals surface area contributed by atoms with Crippen molar-refractivity contribution in [3.8, 4) is 33.8 Å². The Hall–Kier alpha value is -3.33. The largest absolute Gasteiger partial charge is 0.454 e. The van der Waals surface area contributed by atoms with Gasteiger partial charge in [-0.3, -0.25) is 4.98 Å². The van der Waals surface area contributed by atoms with E-state index in [1.54, 1.807) is 6.20 Å². The number of aromatic nitrogens is 1. The van der Waals surface area contributed by atoms with Crippen LogP contribution in [-0.2, 0) is 0 Å². The predicted octanol–water partition coefficient (Wildman–Crippen LogP) is 5.48. The van der Waals surface area contributed by atoms with Crippen LogP contribution in [0.4, 0.5) is 0 Å². The van der Waals surface area contributed by atoms with Crippen molar-refractivity contribution in [2.24, 2.45) is 0 Å². The molecule has 5 rings (SSSR count). The molecule has 2 heterocycles. The molecule has 0 saturated carbocycles. The van der Waals surface area contributed by atoms with Gasteiger partial charge in [-0.05, 0) is 58.7 Å². The first-order valence-corrected chi connectivity index (χ1v) is 8.48. The van der Waals surface area contributed by atoms with Crippen LogP contribution in [0.1, 0.15) is 5.56 Å². The van der Waals surface area contributed by atoms with Gasteiger partial charge < -0.3 is 9.47 Å². The summed E-state index contributed by atoms with van der Waals surface area (Å²) in [6.45, 7) is 4.25. The normalized spacial score (nSPS) is 12.5. The van der Waals surface area contributed by atoms with Gasteiger partial charge in [-0.1, -0.05) is 36.4 Å². The van der Waals surface area contributed by atoms with Gasteiger partial charge in [0.05, 0.1) is 0 Å². The molecule has 1 aliphatic rings. The Morgan fingerprint density at radius 2 is 1.69 bits per heavy atom. The molecular weight excluding hydrogens is 322 g/mol. The van der Waals surface area contributed by atoms with E-state index in [4.69, 9.17) is 9.47 Å². The third-order valence-electron chi connectivity index (χ3n) is 4.68. The molecule has 0 amide bonds. The monoisotopic (exact) mass is 338 g/mol. The molecule has 0 atom stereocenters. The zero-order chi connectivity index (χ0) is 17.5. The van der Waals surface area contributed by atoms with Gasteiger partial charge in [0.2, 0.25) is 6.79 Å². The third-order valence-corrected chi connectivity index (χ3v) is 4.68. The van der Waals surface area contributed by atoms with Crippen molar-refractivity contribution < 1.29 is 9.47 Å². The molecule has 0 bridgehead atoms. The van der Waals surface area contributed by atoms with Crippen LogP contribution in [0.3, 0.4) is 0 Å². The average molecular weight is 338 g/mol. The van der Waals surface area contributed by atoms with Crippen molar-refractivity contribution in [2.45, 2.75) is 0 Å². The highest BCUT2D eigenvalue weighted by molar-refractivity contribution is 5.89. The molecule has 3 nitrogen and oxygen atoms in total. The summed E-state index contributed by atoms with van der Waals surface area (Å²) in [6.07, 6.45) is 3.61. The lowest BCUT2D eigenvalue weighted by Crippen LogP contribution is -1.93. The quantitative estimate of drug-likeness (QED) is 0.485. The zero-order valence-electron chi connectivity index (χ0n) is 14.1. The second kappa shape index (κ2) is 5.88. The van der Waals surface area contributed by atoms with E-state index in [1.165, 1.54) is 10.8 Å². The fourth-order valence-corrected chi connectivity index (χ4v) is 3.39. The molecule has 0 N–H and O–H groups in total. The lowest BCUT2D eigenvalue weighted by Gasteiger charge is -2.11. The molecule has 1 aromatic heterocycles. The molecule has 0 unspecified atom stereocenters. The van der Waals surface area contributed by atoms with Crippen LogP contribution in [0, 0.1) is 6.92 Å². The second-order valence-corrected chi connectivity index (χ2v) is 6.40. The van der Waals surface area contributed by atoms with Crippen molar-refractivity contribution in [1.82, 2.24) is 4.98 Å². The average Bonchev–Trinajstić information content (AvgIpc) is 3.16. The standard InChI is InChI=1S/C23H16NO2/c1-15-4-5-17-10-18(7-6-16(17)9-15)20-11-21(19-3-2-8-24-13-19)23-22(12-20)25-14-26-23/h2-13H,1,14H2. The molecule has 0 fully saturated rings. The number of pyridine rings is 1. The molecule has 0 aliphatic carbocycles. The summed E-state index contributed by atoms with van der Waals surface area (Å²) in [5.41, 5.74) is 5.26. The number of rotatable bonds is 2. The maximum atomic E-state index is 5.70. The highest BCUT2D eigenvalue weighted by Crippen LogP contribution is 2.44. The molecule has 1 radical (unpaired) electrons. The van der Waals surface area contributed by atoms with E-state index in [9.17, 15) is 0 Å². The molecule has 0 saturated heterocycles.